The number of carbonyl (C=O) groups excluding carboxylic acids is 5. The summed E-state index contributed by atoms with van der Waals surface area (Å²) in [7, 11) is 8.28. The Bertz CT molecular complexity index is 5010. The third kappa shape index (κ3) is 32.4. The number of methoxy groups -OCH3 is 5. The van der Waals surface area contributed by atoms with E-state index in [9.17, 15) is 29.1 Å². The number of ether oxygens (including phenoxy) is 5. The van der Waals surface area contributed by atoms with E-state index in [1.54, 1.807) is 71.6 Å². The second-order valence-electron chi connectivity index (χ2n) is 33.1. The number of esters is 1. The second-order valence-corrected chi connectivity index (χ2v) is 33.4. The highest BCUT2D eigenvalue weighted by Crippen LogP contribution is 2.36. The maximum atomic E-state index is 13.6. The lowest BCUT2D eigenvalue weighted by Crippen LogP contribution is -2.50. The number of nitrogens with two attached hydrogens (primary N) is 1. The molecule has 5 N–H and O–H groups in total. The number of hydrogen-bond acceptors (Lipinski definition) is 27. The van der Waals surface area contributed by atoms with E-state index in [0.717, 1.165) is 214 Å². The minimum atomic E-state index is -0.162. The van der Waals surface area contributed by atoms with E-state index in [1.165, 1.54) is 12.8 Å². The average molecular weight is 1840 g/mol. The molecule has 30 nitrogen and oxygen atoms in total. The van der Waals surface area contributed by atoms with Crippen LogP contribution >= 0.6 is 11.6 Å². The first kappa shape index (κ1) is 101. The van der Waals surface area contributed by atoms with Gasteiger partial charge in [-0.15, -0.1) is 11.6 Å². The fourth-order valence-corrected chi connectivity index (χ4v) is 17.2. The SMILES string of the molecule is COC(=O)C1CCC(C(=O)N(CCN2CCN(c3ccccc3OC)CC2)c2ccccn2)CC1.COc1ccccc1N1CCN(CC(=O)Nc2ccccn2)CC1.COc1ccccc1N1CCN(CCN(C(=O)C2CCC(CO)CC2)c2ccccn2)CC1.COc1ccccc1N1CCN(CCNc2ccccn2)CC1.Nc1ccccn1.O=C(CCl)Cc1ccccn1. The van der Waals surface area contributed by atoms with Crippen LogP contribution in [0, 0.1) is 23.7 Å². The predicted molar refractivity (Wildman–Crippen MR) is 528 cm³/mol. The molecule has 10 aromatic rings. The van der Waals surface area contributed by atoms with Gasteiger partial charge in [0.05, 0.1) is 76.6 Å². The van der Waals surface area contributed by atoms with Crippen LogP contribution in [0.5, 0.6) is 23.0 Å². The minimum Gasteiger partial charge on any atom is -0.495 e. The molecule has 0 radical (unpaired) electrons. The van der Waals surface area contributed by atoms with Crippen molar-refractivity contribution >= 4 is 92.9 Å². The fraction of sp³-hybridized carbons (Fsp3) is 0.422. The first-order chi connectivity index (χ1) is 65.1. The molecular formula is C102H132ClN19O11. The molecule has 2 saturated carbocycles. The van der Waals surface area contributed by atoms with Crippen molar-refractivity contribution in [3.8, 4) is 23.0 Å². The molecule has 6 fully saturated rings. The number of pyridine rings is 6. The van der Waals surface area contributed by atoms with Crippen LogP contribution in [0.15, 0.2) is 243 Å². The zero-order chi connectivity index (χ0) is 93.6. The van der Waals surface area contributed by atoms with Gasteiger partial charge in [0.25, 0.3) is 0 Å². The number of aliphatic hydroxyl groups is 1. The highest BCUT2D eigenvalue weighted by atomic mass is 35.5. The lowest BCUT2D eigenvalue weighted by Gasteiger charge is -2.38. The van der Waals surface area contributed by atoms with Crippen molar-refractivity contribution in [2.24, 2.45) is 23.7 Å². The molecule has 3 amide bonds. The Kier molecular flexibility index (Phi) is 42.3. The van der Waals surface area contributed by atoms with Crippen LogP contribution in [0.25, 0.3) is 0 Å². The molecule has 708 valence electrons. The van der Waals surface area contributed by atoms with Gasteiger partial charge in [0.2, 0.25) is 17.7 Å². The summed E-state index contributed by atoms with van der Waals surface area (Å²) in [6, 6.07) is 66.3. The van der Waals surface area contributed by atoms with Gasteiger partial charge in [0.1, 0.15) is 52.1 Å². The summed E-state index contributed by atoms with van der Waals surface area (Å²) < 4.78 is 26.9. The zero-order valence-corrected chi connectivity index (χ0v) is 78.3. The lowest BCUT2D eigenvalue weighted by atomic mass is 9.81. The Balaban J connectivity index is 0.000000162. The number of nitrogens with one attached hydrogen (secondary N) is 2. The number of benzene rings is 4. The van der Waals surface area contributed by atoms with Crippen LogP contribution in [-0.4, -0.2) is 283 Å². The van der Waals surface area contributed by atoms with Gasteiger partial charge in [-0.3, -0.25) is 58.4 Å². The van der Waals surface area contributed by atoms with Crippen LogP contribution in [0.3, 0.4) is 0 Å². The van der Waals surface area contributed by atoms with Crippen molar-refractivity contribution in [1.29, 1.82) is 0 Å². The van der Waals surface area contributed by atoms with Gasteiger partial charge in [-0.2, -0.15) is 0 Å². The number of alkyl halides is 1. The molecule has 0 bridgehead atoms. The molecule has 133 heavy (non-hydrogen) atoms. The van der Waals surface area contributed by atoms with E-state index in [-0.39, 0.29) is 59.7 Å². The molecule has 4 aromatic carbocycles. The molecule has 6 aliphatic rings. The topological polar surface area (TPSA) is 312 Å². The maximum absolute atomic E-state index is 13.6. The number of ketones is 1. The van der Waals surface area contributed by atoms with Crippen molar-refractivity contribution in [3.63, 3.8) is 0 Å². The van der Waals surface area contributed by atoms with Crippen LogP contribution in [0.2, 0.25) is 0 Å². The summed E-state index contributed by atoms with van der Waals surface area (Å²) in [5.74, 6) is 7.56. The molecule has 0 spiro atoms. The molecule has 31 heteroatoms. The number of para-hydroxylation sites is 8. The number of nitrogens with zero attached hydrogens (tertiary/aromatic N) is 16. The molecule has 4 aliphatic heterocycles. The number of aromatic nitrogens is 6. The summed E-state index contributed by atoms with van der Waals surface area (Å²) in [5.41, 5.74) is 10.6. The van der Waals surface area contributed by atoms with E-state index >= 15 is 0 Å². The smallest absolute Gasteiger partial charge is 0.308 e. The molecule has 6 aromatic heterocycles. The number of piperazine rings is 4. The van der Waals surface area contributed by atoms with E-state index < -0.39 is 0 Å². The zero-order valence-electron chi connectivity index (χ0n) is 77.6. The number of Topliss-reactive ketones (excluding diaryl/α,β-unsaturated/α-hetero) is 1. The van der Waals surface area contributed by atoms with Crippen molar-refractivity contribution in [2.45, 2.75) is 57.8 Å². The van der Waals surface area contributed by atoms with Gasteiger partial charge < -0.3 is 64.8 Å². The molecule has 10 heterocycles. The van der Waals surface area contributed by atoms with E-state index in [1.807, 2.05) is 174 Å². The highest BCUT2D eigenvalue weighted by molar-refractivity contribution is 6.27. The molecule has 4 saturated heterocycles. The number of anilines is 9. The number of amides is 3. The Morgan fingerprint density at radius 2 is 0.752 bits per heavy atom. The predicted octanol–water partition coefficient (Wildman–Crippen LogP) is 12.5. The Morgan fingerprint density at radius 3 is 1.10 bits per heavy atom. The van der Waals surface area contributed by atoms with E-state index in [2.05, 4.69) is 116 Å². The fourth-order valence-electron chi connectivity index (χ4n) is 17.1. The number of halogens is 1. The van der Waals surface area contributed by atoms with Crippen molar-refractivity contribution in [2.75, 3.05) is 244 Å². The molecular weight excluding hydrogens is 1700 g/mol. The minimum absolute atomic E-state index is 0.00497. The maximum Gasteiger partial charge on any atom is 0.308 e. The van der Waals surface area contributed by atoms with Crippen molar-refractivity contribution in [1.82, 2.24) is 49.5 Å². The molecule has 2 aliphatic carbocycles. The summed E-state index contributed by atoms with van der Waals surface area (Å²) >= 11 is 5.32. The van der Waals surface area contributed by atoms with Crippen molar-refractivity contribution in [3.05, 3.63) is 249 Å². The van der Waals surface area contributed by atoms with Gasteiger partial charge in [-0.1, -0.05) is 84.9 Å². The number of carbonyl (C=O) groups is 5. The third-order valence-electron chi connectivity index (χ3n) is 24.6. The van der Waals surface area contributed by atoms with E-state index in [4.69, 9.17) is 41.0 Å². The summed E-state index contributed by atoms with van der Waals surface area (Å²) in [6.45, 7) is 20.5. The van der Waals surface area contributed by atoms with Crippen LogP contribution < -0.4 is 64.7 Å². The Labute approximate surface area is 788 Å². The second kappa shape index (κ2) is 55.7. The van der Waals surface area contributed by atoms with Crippen LogP contribution in [0.1, 0.15) is 57.1 Å². The van der Waals surface area contributed by atoms with E-state index in [0.29, 0.717) is 75.1 Å². The van der Waals surface area contributed by atoms with Gasteiger partial charge >= 0.3 is 5.97 Å². The average Bonchev–Trinajstić information content (AvgIpc) is 0.835. The van der Waals surface area contributed by atoms with Gasteiger partial charge in [-0.25, -0.2) is 24.9 Å². The molecule has 16 rings (SSSR count). The van der Waals surface area contributed by atoms with Gasteiger partial charge in [0.15, 0.2) is 5.78 Å². The Hall–Kier alpha value is -12.6. The Morgan fingerprint density at radius 1 is 0.398 bits per heavy atom. The van der Waals surface area contributed by atoms with Gasteiger partial charge in [-0.05, 0) is 179 Å². The summed E-state index contributed by atoms with van der Waals surface area (Å²) in [5, 5.41) is 15.6. The first-order valence-electron chi connectivity index (χ1n) is 46.2. The van der Waals surface area contributed by atoms with Crippen LogP contribution in [0.4, 0.5) is 51.8 Å². The summed E-state index contributed by atoms with van der Waals surface area (Å²) in [4.78, 5) is 110. The number of hydrogen-bond donors (Lipinski definition) is 4. The first-order valence-corrected chi connectivity index (χ1v) is 46.7. The lowest BCUT2D eigenvalue weighted by molar-refractivity contribution is -0.147. The normalized spacial score (nSPS) is 17.5. The third-order valence-corrected chi connectivity index (χ3v) is 24.9. The van der Waals surface area contributed by atoms with Crippen molar-refractivity contribution < 1.29 is 52.8 Å². The monoisotopic (exact) mass is 1830 g/mol. The molecule has 0 unspecified atom stereocenters. The standard InChI is InChI=1S/C27H36N4O4.C26H36N4O3.C18H22N4O2.C18H24N4O.C8H8ClNO.C5H6N2/c1-34-24-8-4-3-7-23(24)30-18-15-29(16-19-30)17-20-31(25-9-5-6-14-28-25)26(32)21-10-12-22(13-11-21)27(33)35-2;1-33-24-7-3-2-6-23(24)29-17-14-28(15-18-29)16-19-30(25-8-4-5-13-27-25)26(32)22-11-9-21(20-31)10-12-22;1-24-16-7-3-2-6-15(16)22-12-10-21(11-13-22)14-18(23)20-17-8-4-5-9-19-17;1-23-17-7-3-2-6-16(17)22-14-12-21(13-15-22)11-10-20-18-8-4-5-9-19-18;9-6-8(11)5-7-3-1-2-4-10-7;6-5-3-1-2-4-7-5/h3-9,14,21-22H,10-13,15-20H2,1-2H3;2-8,13,21-22,31H,9-12,14-20H2,1H3;2-9H,10-14H2,1H3,(H,19,20,23);2-9H,10-15H2,1H3,(H,19,20);1-4H,5-6H2;1-4H,(H2,6,7). The highest BCUT2D eigenvalue weighted by Gasteiger charge is 2.36. The largest absolute Gasteiger partial charge is 0.495 e. The quantitative estimate of drug-likeness (QED) is 0.0240. The number of aliphatic hydroxyl groups excluding tert-OH is 1. The van der Waals surface area contributed by atoms with Gasteiger partial charge in [0, 0.05) is 212 Å². The van der Waals surface area contributed by atoms with Crippen LogP contribution in [-0.2, 0) is 35.1 Å². The molecule has 0 atom stereocenters. The summed E-state index contributed by atoms with van der Waals surface area (Å²) in [6.07, 6.45) is 17.0. The number of nitrogen functional groups attached to an aromatic ring is 1. The number of rotatable bonds is 30.